The van der Waals surface area contributed by atoms with Crippen LogP contribution in [-0.2, 0) is 20.8 Å². The quantitative estimate of drug-likeness (QED) is 0.815. The van der Waals surface area contributed by atoms with Crippen LogP contribution in [0.25, 0.3) is 0 Å². The van der Waals surface area contributed by atoms with Gasteiger partial charge in [-0.3, -0.25) is 14.4 Å². The Morgan fingerprint density at radius 1 is 1.11 bits per heavy atom. The first-order valence-electron chi connectivity index (χ1n) is 10.2. The number of hydrogen-bond acceptors (Lipinski definition) is 3. The maximum absolute atomic E-state index is 13.4. The van der Waals surface area contributed by atoms with Crippen LogP contribution in [-0.4, -0.2) is 58.4 Å². The van der Waals surface area contributed by atoms with Crippen LogP contribution in [0.3, 0.4) is 0 Å². The fourth-order valence-corrected chi connectivity index (χ4v) is 4.63. The highest BCUT2D eigenvalue weighted by Gasteiger charge is 2.46. The molecule has 2 fully saturated rings. The Morgan fingerprint density at radius 2 is 1.82 bits per heavy atom. The molecular weight excluding hydrogens is 356 g/mol. The summed E-state index contributed by atoms with van der Waals surface area (Å²) in [4.78, 5) is 39.8. The first kappa shape index (κ1) is 20.4. The van der Waals surface area contributed by atoms with Crippen LogP contribution >= 0.6 is 0 Å². The number of amides is 2. The van der Waals surface area contributed by atoms with Crippen molar-refractivity contribution in [2.45, 2.75) is 57.9 Å². The van der Waals surface area contributed by atoms with Crippen molar-refractivity contribution < 1.29 is 19.5 Å². The van der Waals surface area contributed by atoms with Crippen LogP contribution in [0.4, 0.5) is 0 Å². The Balaban J connectivity index is 1.66. The predicted octanol–water partition coefficient (Wildman–Crippen LogP) is 2.71. The predicted molar refractivity (Wildman–Crippen MR) is 106 cm³/mol. The van der Waals surface area contributed by atoms with E-state index in [-0.39, 0.29) is 29.8 Å². The second-order valence-electron chi connectivity index (χ2n) is 8.21. The van der Waals surface area contributed by atoms with Crippen molar-refractivity contribution in [1.82, 2.24) is 9.80 Å². The van der Waals surface area contributed by atoms with Crippen molar-refractivity contribution >= 4 is 17.8 Å². The number of likely N-dealkylation sites (tertiary alicyclic amines) is 1. The van der Waals surface area contributed by atoms with E-state index >= 15 is 0 Å². The average molecular weight is 386 g/mol. The molecule has 0 spiro atoms. The highest BCUT2D eigenvalue weighted by molar-refractivity contribution is 5.84. The first-order valence-corrected chi connectivity index (χ1v) is 10.2. The lowest BCUT2D eigenvalue weighted by Crippen LogP contribution is -2.50. The van der Waals surface area contributed by atoms with Gasteiger partial charge in [-0.15, -0.1) is 0 Å². The summed E-state index contributed by atoms with van der Waals surface area (Å²) in [5.41, 5.74) is 0.912. The molecule has 3 rings (SSSR count). The normalized spacial score (nSPS) is 21.3. The second-order valence-corrected chi connectivity index (χ2v) is 8.21. The van der Waals surface area contributed by atoms with Gasteiger partial charge >= 0.3 is 5.97 Å². The zero-order valence-electron chi connectivity index (χ0n) is 16.6. The van der Waals surface area contributed by atoms with Gasteiger partial charge in [0.25, 0.3) is 0 Å². The van der Waals surface area contributed by atoms with Crippen molar-refractivity contribution in [2.75, 3.05) is 19.6 Å². The van der Waals surface area contributed by atoms with Crippen molar-refractivity contribution in [1.29, 1.82) is 0 Å². The van der Waals surface area contributed by atoms with E-state index < -0.39 is 5.97 Å². The minimum Gasteiger partial charge on any atom is -0.480 e. The second kappa shape index (κ2) is 8.76. The summed E-state index contributed by atoms with van der Waals surface area (Å²) >= 11 is 0. The van der Waals surface area contributed by atoms with E-state index in [0.29, 0.717) is 19.5 Å². The minimum absolute atomic E-state index is 0.113. The summed E-state index contributed by atoms with van der Waals surface area (Å²) < 4.78 is 0. The monoisotopic (exact) mass is 386 g/mol. The number of aliphatic carboxylic acids is 1. The Bertz CT molecular complexity index is 715. The van der Waals surface area contributed by atoms with Gasteiger partial charge in [0.1, 0.15) is 6.54 Å². The van der Waals surface area contributed by atoms with Crippen molar-refractivity contribution in [3.63, 3.8) is 0 Å². The first-order chi connectivity index (χ1) is 13.4. The third-order valence-corrected chi connectivity index (χ3v) is 6.29. The van der Waals surface area contributed by atoms with E-state index in [2.05, 4.69) is 12.1 Å². The molecule has 152 valence electrons. The highest BCUT2D eigenvalue weighted by atomic mass is 16.4. The summed E-state index contributed by atoms with van der Waals surface area (Å²) in [6.45, 7) is 2.42. The lowest BCUT2D eigenvalue weighted by atomic mass is 9.64. The molecule has 2 aliphatic rings. The molecule has 6 nitrogen and oxygen atoms in total. The van der Waals surface area contributed by atoms with Crippen molar-refractivity contribution in [3.05, 3.63) is 35.9 Å². The molecule has 0 radical (unpaired) electrons. The largest absolute Gasteiger partial charge is 0.480 e. The van der Waals surface area contributed by atoms with Crippen molar-refractivity contribution in [2.24, 2.45) is 5.41 Å². The van der Waals surface area contributed by atoms with Gasteiger partial charge in [-0.1, -0.05) is 36.8 Å². The third-order valence-electron chi connectivity index (χ3n) is 6.29. The van der Waals surface area contributed by atoms with Crippen LogP contribution in [0.2, 0.25) is 0 Å². The van der Waals surface area contributed by atoms with E-state index in [0.717, 1.165) is 38.5 Å². The molecular formula is C22H30N2O4. The van der Waals surface area contributed by atoms with Gasteiger partial charge in [-0.05, 0) is 44.1 Å². The fourth-order valence-electron chi connectivity index (χ4n) is 4.63. The number of hydrogen-bond donors (Lipinski definition) is 1. The van der Waals surface area contributed by atoms with Crippen molar-refractivity contribution in [3.8, 4) is 0 Å². The van der Waals surface area contributed by atoms with Crippen LogP contribution in [0.1, 0.15) is 51.0 Å². The minimum atomic E-state index is -0.997. The standard InChI is InChI=1S/C22H30N2O4/c1-17(25)24(16-20(26)27)19-9-5-13-23(14-10-19)21(28)22(11-6-12-22)15-18-7-3-2-4-8-18/h2-4,7-8,19H,5-6,9-16H2,1H3,(H,26,27). The molecule has 1 aromatic carbocycles. The number of carbonyl (C=O) groups excluding carboxylic acids is 2. The molecule has 6 heteroatoms. The van der Waals surface area contributed by atoms with E-state index in [9.17, 15) is 14.4 Å². The molecule has 28 heavy (non-hydrogen) atoms. The van der Waals surface area contributed by atoms with Crippen LogP contribution < -0.4 is 0 Å². The molecule has 1 aromatic rings. The number of nitrogens with zero attached hydrogens (tertiary/aromatic N) is 2. The molecule has 0 aromatic heterocycles. The molecule has 1 aliphatic heterocycles. The zero-order valence-corrected chi connectivity index (χ0v) is 16.6. The highest BCUT2D eigenvalue weighted by Crippen LogP contribution is 2.45. The summed E-state index contributed by atoms with van der Waals surface area (Å²) in [6.07, 6.45) is 5.90. The molecule has 1 unspecified atom stereocenters. The molecule has 0 bridgehead atoms. The van der Waals surface area contributed by atoms with Gasteiger partial charge in [-0.2, -0.15) is 0 Å². The topological polar surface area (TPSA) is 77.9 Å². The molecule has 1 saturated heterocycles. The summed E-state index contributed by atoms with van der Waals surface area (Å²) in [5, 5.41) is 9.10. The third kappa shape index (κ3) is 4.54. The number of carboxylic acid groups (broad SMARTS) is 1. The van der Waals surface area contributed by atoms with Gasteiger partial charge in [0, 0.05) is 26.1 Å². The SMILES string of the molecule is CC(=O)N(CC(=O)O)C1CCCN(C(=O)C2(Cc3ccccc3)CCC2)CC1. The fraction of sp³-hybridized carbons (Fsp3) is 0.591. The Hall–Kier alpha value is -2.37. The molecule has 1 atom stereocenters. The molecule has 1 heterocycles. The van der Waals surface area contributed by atoms with E-state index in [1.54, 1.807) is 0 Å². The maximum atomic E-state index is 13.4. The smallest absolute Gasteiger partial charge is 0.323 e. The summed E-state index contributed by atoms with van der Waals surface area (Å²) in [5.74, 6) is -0.980. The van der Waals surface area contributed by atoms with Gasteiger partial charge in [0.2, 0.25) is 11.8 Å². The van der Waals surface area contributed by atoms with Crippen LogP contribution in [0.5, 0.6) is 0 Å². The molecule has 1 aliphatic carbocycles. The molecule has 1 N–H and O–H groups in total. The summed E-state index contributed by atoms with van der Waals surface area (Å²) in [7, 11) is 0. The lowest BCUT2D eigenvalue weighted by Gasteiger charge is -2.43. The van der Waals surface area contributed by atoms with E-state index in [1.807, 2.05) is 23.1 Å². The maximum Gasteiger partial charge on any atom is 0.323 e. The van der Waals surface area contributed by atoms with E-state index in [4.69, 9.17) is 5.11 Å². The number of benzene rings is 1. The van der Waals surface area contributed by atoms with Gasteiger partial charge in [0.05, 0.1) is 5.41 Å². The Morgan fingerprint density at radius 3 is 2.39 bits per heavy atom. The zero-order chi connectivity index (χ0) is 20.1. The van der Waals surface area contributed by atoms with Gasteiger partial charge < -0.3 is 14.9 Å². The molecule has 1 saturated carbocycles. The average Bonchev–Trinajstić information content (AvgIpc) is 2.88. The number of rotatable bonds is 6. The Labute approximate surface area is 166 Å². The van der Waals surface area contributed by atoms with Crippen LogP contribution in [0.15, 0.2) is 30.3 Å². The summed E-state index contributed by atoms with van der Waals surface area (Å²) in [6, 6.07) is 10.1. The number of carboxylic acids is 1. The number of carbonyl (C=O) groups is 3. The van der Waals surface area contributed by atoms with Crippen LogP contribution in [0, 0.1) is 5.41 Å². The molecule has 2 amide bonds. The Kier molecular flexibility index (Phi) is 6.37. The van der Waals surface area contributed by atoms with E-state index in [1.165, 1.54) is 17.4 Å². The van der Waals surface area contributed by atoms with Gasteiger partial charge in [-0.25, -0.2) is 0 Å². The van der Waals surface area contributed by atoms with Gasteiger partial charge in [0.15, 0.2) is 0 Å². The lowest BCUT2D eigenvalue weighted by molar-refractivity contribution is -0.148.